The van der Waals surface area contributed by atoms with Crippen LogP contribution in [0.2, 0.25) is 0 Å². The topological polar surface area (TPSA) is 48.4 Å². The van der Waals surface area contributed by atoms with E-state index in [1.807, 2.05) is 0 Å². The van der Waals surface area contributed by atoms with E-state index in [9.17, 15) is 4.79 Å². The van der Waals surface area contributed by atoms with Crippen LogP contribution in [0.5, 0.6) is 17.2 Å². The lowest BCUT2D eigenvalue weighted by Crippen LogP contribution is -1.92. The predicted octanol–water partition coefficient (Wildman–Crippen LogP) is 2.70. The summed E-state index contributed by atoms with van der Waals surface area (Å²) in [5.74, 6) is 1.72. The first kappa shape index (κ1) is 11.1. The minimum absolute atomic E-state index is 0.487. The molecule has 1 heterocycles. The number of aldehydes is 1. The monoisotopic (exact) mass is 229 g/mol. The number of aromatic nitrogens is 1. The molecule has 0 spiro atoms. The number of hydrogen-bond acceptors (Lipinski definition) is 4. The van der Waals surface area contributed by atoms with E-state index in [2.05, 4.69) is 4.98 Å². The minimum atomic E-state index is 0.487. The van der Waals surface area contributed by atoms with E-state index < -0.39 is 0 Å². The third-order valence-electron chi connectivity index (χ3n) is 2.20. The lowest BCUT2D eigenvalue weighted by atomic mass is 10.2. The van der Waals surface area contributed by atoms with Gasteiger partial charge >= 0.3 is 0 Å². The van der Waals surface area contributed by atoms with Crippen LogP contribution in [0.4, 0.5) is 0 Å². The third kappa shape index (κ3) is 2.60. The van der Waals surface area contributed by atoms with Gasteiger partial charge < -0.3 is 9.47 Å². The zero-order valence-electron chi connectivity index (χ0n) is 9.29. The summed E-state index contributed by atoms with van der Waals surface area (Å²) in [6.07, 6.45) is 4.02. The fourth-order valence-electron chi connectivity index (χ4n) is 1.40. The molecule has 86 valence electrons. The quantitative estimate of drug-likeness (QED) is 0.756. The molecule has 0 amide bonds. The lowest BCUT2D eigenvalue weighted by molar-refractivity contribution is 0.112. The number of pyridine rings is 1. The minimum Gasteiger partial charge on any atom is -0.496 e. The van der Waals surface area contributed by atoms with Gasteiger partial charge in [-0.05, 0) is 24.3 Å². The molecule has 0 unspecified atom stereocenters. The van der Waals surface area contributed by atoms with Crippen LogP contribution < -0.4 is 9.47 Å². The molecule has 0 aliphatic rings. The summed E-state index contributed by atoms with van der Waals surface area (Å²) >= 11 is 0. The summed E-state index contributed by atoms with van der Waals surface area (Å²) in [4.78, 5) is 14.7. The Balaban J connectivity index is 2.25. The Morgan fingerprint density at radius 3 is 2.76 bits per heavy atom. The van der Waals surface area contributed by atoms with Crippen molar-refractivity contribution in [3.63, 3.8) is 0 Å². The van der Waals surface area contributed by atoms with Crippen molar-refractivity contribution in [2.24, 2.45) is 0 Å². The van der Waals surface area contributed by atoms with Gasteiger partial charge in [-0.1, -0.05) is 0 Å². The highest BCUT2D eigenvalue weighted by molar-refractivity contribution is 5.79. The van der Waals surface area contributed by atoms with Crippen molar-refractivity contribution in [1.29, 1.82) is 0 Å². The molecule has 1 aromatic heterocycles. The van der Waals surface area contributed by atoms with Gasteiger partial charge in [-0.3, -0.25) is 9.78 Å². The van der Waals surface area contributed by atoms with Crippen LogP contribution in [-0.2, 0) is 0 Å². The molecule has 0 N–H and O–H groups in total. The predicted molar refractivity (Wildman–Crippen MR) is 62.7 cm³/mol. The number of carbonyl (C=O) groups is 1. The summed E-state index contributed by atoms with van der Waals surface area (Å²) in [5.41, 5.74) is 0.492. The second-order valence-corrected chi connectivity index (χ2v) is 3.31. The number of rotatable bonds is 4. The maximum Gasteiger partial charge on any atom is 0.153 e. The molecular formula is C13H11NO3. The van der Waals surface area contributed by atoms with Crippen LogP contribution in [0.3, 0.4) is 0 Å². The molecule has 0 saturated heterocycles. The van der Waals surface area contributed by atoms with Crippen molar-refractivity contribution in [3.05, 3.63) is 48.3 Å². The van der Waals surface area contributed by atoms with Crippen LogP contribution in [0, 0.1) is 0 Å². The van der Waals surface area contributed by atoms with Gasteiger partial charge in [0.15, 0.2) is 6.29 Å². The van der Waals surface area contributed by atoms with Crippen LogP contribution in [0.1, 0.15) is 10.4 Å². The zero-order chi connectivity index (χ0) is 12.1. The second-order valence-electron chi connectivity index (χ2n) is 3.31. The van der Waals surface area contributed by atoms with E-state index in [0.29, 0.717) is 22.8 Å². The zero-order valence-corrected chi connectivity index (χ0v) is 9.29. The SMILES string of the molecule is COc1cc(Oc2cccnc2)ccc1C=O. The van der Waals surface area contributed by atoms with Crippen molar-refractivity contribution in [1.82, 2.24) is 4.98 Å². The van der Waals surface area contributed by atoms with E-state index in [0.717, 1.165) is 6.29 Å². The van der Waals surface area contributed by atoms with E-state index in [4.69, 9.17) is 9.47 Å². The molecular weight excluding hydrogens is 218 g/mol. The van der Waals surface area contributed by atoms with Crippen molar-refractivity contribution in [3.8, 4) is 17.2 Å². The molecule has 17 heavy (non-hydrogen) atoms. The molecule has 1 aromatic carbocycles. The Hall–Kier alpha value is -2.36. The summed E-state index contributed by atoms with van der Waals surface area (Å²) in [5, 5.41) is 0. The number of carbonyl (C=O) groups excluding carboxylic acids is 1. The molecule has 2 aromatic rings. The maximum atomic E-state index is 10.7. The van der Waals surface area contributed by atoms with Gasteiger partial charge in [-0.15, -0.1) is 0 Å². The third-order valence-corrected chi connectivity index (χ3v) is 2.20. The van der Waals surface area contributed by atoms with Crippen molar-refractivity contribution in [2.45, 2.75) is 0 Å². The number of ether oxygens (including phenoxy) is 2. The van der Waals surface area contributed by atoms with Gasteiger partial charge in [-0.2, -0.15) is 0 Å². The first-order valence-electron chi connectivity index (χ1n) is 5.04. The highest BCUT2D eigenvalue weighted by atomic mass is 16.5. The standard InChI is InChI=1S/C13H11NO3/c1-16-13-7-11(5-4-10(13)9-15)17-12-3-2-6-14-8-12/h2-9H,1H3. The number of hydrogen-bond donors (Lipinski definition) is 0. The second kappa shape index (κ2) is 5.12. The number of nitrogens with zero attached hydrogens (tertiary/aromatic N) is 1. The van der Waals surface area contributed by atoms with Gasteiger partial charge in [0.25, 0.3) is 0 Å². The van der Waals surface area contributed by atoms with Crippen molar-refractivity contribution >= 4 is 6.29 Å². The van der Waals surface area contributed by atoms with Crippen LogP contribution in [-0.4, -0.2) is 18.4 Å². The fourth-order valence-corrected chi connectivity index (χ4v) is 1.40. The first-order valence-corrected chi connectivity index (χ1v) is 5.04. The van der Waals surface area contributed by atoms with Crippen LogP contribution >= 0.6 is 0 Å². The van der Waals surface area contributed by atoms with Gasteiger partial charge in [0.1, 0.15) is 17.2 Å². The number of methoxy groups -OCH3 is 1. The van der Waals surface area contributed by atoms with Gasteiger partial charge in [0.05, 0.1) is 18.9 Å². The average Bonchev–Trinajstić information content (AvgIpc) is 2.40. The molecule has 4 heteroatoms. The highest BCUT2D eigenvalue weighted by Gasteiger charge is 2.04. The Bertz CT molecular complexity index is 511. The molecule has 2 rings (SSSR count). The summed E-state index contributed by atoms with van der Waals surface area (Å²) in [6, 6.07) is 8.60. The maximum absolute atomic E-state index is 10.7. The Morgan fingerprint density at radius 2 is 2.12 bits per heavy atom. The molecule has 4 nitrogen and oxygen atoms in total. The van der Waals surface area contributed by atoms with Crippen molar-refractivity contribution in [2.75, 3.05) is 7.11 Å². The number of benzene rings is 1. The highest BCUT2D eigenvalue weighted by Crippen LogP contribution is 2.26. The lowest BCUT2D eigenvalue weighted by Gasteiger charge is -2.08. The molecule has 0 radical (unpaired) electrons. The van der Waals surface area contributed by atoms with E-state index in [1.165, 1.54) is 7.11 Å². The molecule has 0 fully saturated rings. The van der Waals surface area contributed by atoms with Crippen molar-refractivity contribution < 1.29 is 14.3 Å². The fraction of sp³-hybridized carbons (Fsp3) is 0.0769. The smallest absolute Gasteiger partial charge is 0.153 e. The van der Waals surface area contributed by atoms with Gasteiger partial charge in [0, 0.05) is 12.3 Å². The van der Waals surface area contributed by atoms with Crippen LogP contribution in [0.15, 0.2) is 42.7 Å². The molecule has 0 aliphatic heterocycles. The molecule has 0 saturated carbocycles. The first-order chi connectivity index (χ1) is 8.33. The van der Waals surface area contributed by atoms with E-state index >= 15 is 0 Å². The van der Waals surface area contributed by atoms with Gasteiger partial charge in [-0.25, -0.2) is 0 Å². The largest absolute Gasteiger partial charge is 0.496 e. The Labute approximate surface area is 98.8 Å². The van der Waals surface area contributed by atoms with E-state index in [1.54, 1.807) is 42.7 Å². The summed E-state index contributed by atoms with van der Waals surface area (Å²) < 4.78 is 10.6. The normalized spacial score (nSPS) is 9.71. The average molecular weight is 229 g/mol. The van der Waals surface area contributed by atoms with Crippen LogP contribution in [0.25, 0.3) is 0 Å². The summed E-state index contributed by atoms with van der Waals surface area (Å²) in [6.45, 7) is 0. The Morgan fingerprint density at radius 1 is 1.24 bits per heavy atom. The Kier molecular flexibility index (Phi) is 3.35. The molecule has 0 bridgehead atoms. The summed E-state index contributed by atoms with van der Waals surface area (Å²) in [7, 11) is 1.51. The van der Waals surface area contributed by atoms with Gasteiger partial charge in [0.2, 0.25) is 0 Å². The molecule has 0 atom stereocenters. The van der Waals surface area contributed by atoms with E-state index in [-0.39, 0.29) is 0 Å². The molecule has 0 aliphatic carbocycles.